The Kier molecular flexibility index (Phi) is 5.63. The first kappa shape index (κ1) is 21.1. The van der Waals surface area contributed by atoms with Crippen LogP contribution in [0.3, 0.4) is 0 Å². The third kappa shape index (κ3) is 4.31. The Morgan fingerprint density at radius 3 is 2.50 bits per heavy atom. The molecule has 11 heteroatoms. The molecule has 0 fully saturated rings. The van der Waals surface area contributed by atoms with E-state index in [1.54, 1.807) is 6.07 Å². The summed E-state index contributed by atoms with van der Waals surface area (Å²) in [6.07, 6.45) is 4.36. The number of rotatable bonds is 7. The standard InChI is InChI=1S/C21H15F3N4O4/c1-31-15-3-12(2-14(22)5-15)19-25-7-11(8-26-19)10-28-18-13(9-27-28)4-16(32-21(23)24)6-17(18)20(29)30/h2-9,21H,10H2,1H3,(H,29,30). The maximum atomic E-state index is 13.7. The van der Waals surface area contributed by atoms with Gasteiger partial charge in [0.1, 0.15) is 17.3 Å². The van der Waals surface area contributed by atoms with E-state index < -0.39 is 18.4 Å². The van der Waals surface area contributed by atoms with Crippen molar-refractivity contribution in [3.8, 4) is 22.9 Å². The summed E-state index contributed by atoms with van der Waals surface area (Å²) < 4.78 is 49.6. The molecule has 0 bridgehead atoms. The molecule has 0 radical (unpaired) electrons. The van der Waals surface area contributed by atoms with Crippen molar-refractivity contribution in [3.63, 3.8) is 0 Å². The van der Waals surface area contributed by atoms with E-state index in [1.807, 2.05) is 0 Å². The van der Waals surface area contributed by atoms with Gasteiger partial charge in [0.25, 0.3) is 0 Å². The molecule has 0 unspecified atom stereocenters. The number of methoxy groups -OCH3 is 1. The normalized spacial score (nSPS) is 11.2. The second-order valence-corrected chi connectivity index (χ2v) is 6.69. The zero-order valence-corrected chi connectivity index (χ0v) is 16.5. The summed E-state index contributed by atoms with van der Waals surface area (Å²) in [4.78, 5) is 20.2. The average Bonchev–Trinajstić information content (AvgIpc) is 3.15. The lowest BCUT2D eigenvalue weighted by molar-refractivity contribution is -0.0498. The number of hydrogen-bond acceptors (Lipinski definition) is 6. The predicted molar refractivity (Wildman–Crippen MR) is 106 cm³/mol. The Morgan fingerprint density at radius 2 is 1.84 bits per heavy atom. The first-order chi connectivity index (χ1) is 15.3. The molecule has 4 rings (SSSR count). The van der Waals surface area contributed by atoms with Gasteiger partial charge in [-0.2, -0.15) is 13.9 Å². The number of carboxylic acids is 1. The maximum absolute atomic E-state index is 13.7. The number of carbonyl (C=O) groups is 1. The van der Waals surface area contributed by atoms with E-state index in [0.29, 0.717) is 22.3 Å². The van der Waals surface area contributed by atoms with Crippen molar-refractivity contribution >= 4 is 16.9 Å². The number of benzene rings is 2. The highest BCUT2D eigenvalue weighted by Gasteiger charge is 2.18. The minimum atomic E-state index is -3.09. The Labute approximate surface area is 178 Å². The molecule has 2 aromatic heterocycles. The van der Waals surface area contributed by atoms with Gasteiger partial charge in [0.15, 0.2) is 5.82 Å². The van der Waals surface area contributed by atoms with E-state index >= 15 is 0 Å². The molecule has 0 saturated carbocycles. The van der Waals surface area contributed by atoms with E-state index in [4.69, 9.17) is 4.74 Å². The third-order valence-corrected chi connectivity index (χ3v) is 4.57. The SMILES string of the molecule is COc1cc(F)cc(-c2ncc(Cn3ncc4cc(OC(F)F)cc(C(=O)O)c43)cn2)c1. The molecule has 0 aliphatic rings. The minimum absolute atomic E-state index is 0.117. The number of aromatic nitrogens is 4. The first-order valence-electron chi connectivity index (χ1n) is 9.17. The number of carboxylic acid groups (broad SMARTS) is 1. The molecule has 0 aliphatic carbocycles. The Morgan fingerprint density at radius 1 is 1.09 bits per heavy atom. The van der Waals surface area contributed by atoms with Crippen molar-refractivity contribution in [2.24, 2.45) is 0 Å². The van der Waals surface area contributed by atoms with E-state index in [9.17, 15) is 23.1 Å². The van der Waals surface area contributed by atoms with Gasteiger partial charge in [0, 0.05) is 35.0 Å². The zero-order valence-electron chi connectivity index (χ0n) is 16.5. The fraction of sp³-hybridized carbons (Fsp3) is 0.143. The highest BCUT2D eigenvalue weighted by Crippen LogP contribution is 2.28. The van der Waals surface area contributed by atoms with Gasteiger partial charge in [0.2, 0.25) is 0 Å². The number of ether oxygens (including phenoxy) is 2. The van der Waals surface area contributed by atoms with Crippen molar-refractivity contribution in [1.29, 1.82) is 0 Å². The fourth-order valence-corrected chi connectivity index (χ4v) is 3.23. The van der Waals surface area contributed by atoms with Crippen molar-refractivity contribution < 1.29 is 32.5 Å². The van der Waals surface area contributed by atoms with Crippen LogP contribution in [0.1, 0.15) is 15.9 Å². The molecule has 0 atom stereocenters. The second kappa shape index (κ2) is 8.53. The molecular weight excluding hydrogens is 429 g/mol. The monoisotopic (exact) mass is 444 g/mol. The van der Waals surface area contributed by atoms with E-state index in [1.165, 1.54) is 48.6 Å². The highest BCUT2D eigenvalue weighted by molar-refractivity contribution is 6.02. The van der Waals surface area contributed by atoms with Crippen LogP contribution in [0, 0.1) is 5.82 Å². The number of halogens is 3. The van der Waals surface area contributed by atoms with Gasteiger partial charge in [-0.05, 0) is 24.3 Å². The lowest BCUT2D eigenvalue weighted by Crippen LogP contribution is -2.08. The van der Waals surface area contributed by atoms with Gasteiger partial charge in [-0.15, -0.1) is 0 Å². The summed E-state index contributed by atoms with van der Waals surface area (Å²) in [5, 5.41) is 14.0. The van der Waals surface area contributed by atoms with Gasteiger partial charge >= 0.3 is 12.6 Å². The van der Waals surface area contributed by atoms with E-state index in [2.05, 4.69) is 19.8 Å². The van der Waals surface area contributed by atoms with Gasteiger partial charge in [0.05, 0.1) is 30.9 Å². The van der Waals surface area contributed by atoms with E-state index in [0.717, 1.165) is 6.07 Å². The van der Waals surface area contributed by atoms with Crippen molar-refractivity contribution in [1.82, 2.24) is 19.7 Å². The smallest absolute Gasteiger partial charge is 0.387 e. The van der Waals surface area contributed by atoms with Crippen LogP contribution in [0.2, 0.25) is 0 Å². The second-order valence-electron chi connectivity index (χ2n) is 6.69. The molecule has 0 spiro atoms. The molecule has 2 aromatic carbocycles. The molecule has 164 valence electrons. The molecule has 4 aromatic rings. The topological polar surface area (TPSA) is 99.4 Å². The van der Waals surface area contributed by atoms with Gasteiger partial charge in [-0.25, -0.2) is 19.2 Å². The molecule has 0 saturated heterocycles. The lowest BCUT2D eigenvalue weighted by atomic mass is 10.1. The quantitative estimate of drug-likeness (QED) is 0.460. The largest absolute Gasteiger partial charge is 0.497 e. The summed E-state index contributed by atoms with van der Waals surface area (Å²) in [6, 6.07) is 6.41. The molecule has 1 N–H and O–H groups in total. The Hall–Kier alpha value is -4.15. The average molecular weight is 444 g/mol. The van der Waals surface area contributed by atoms with Gasteiger partial charge < -0.3 is 14.6 Å². The van der Waals surface area contributed by atoms with E-state index in [-0.39, 0.29) is 29.2 Å². The van der Waals surface area contributed by atoms with Gasteiger partial charge in [-0.3, -0.25) is 4.68 Å². The maximum Gasteiger partial charge on any atom is 0.387 e. The van der Waals surface area contributed by atoms with Crippen LogP contribution in [0.15, 0.2) is 48.9 Å². The van der Waals surface area contributed by atoms with Crippen LogP contribution in [0.4, 0.5) is 13.2 Å². The molecule has 0 amide bonds. The number of alkyl halides is 2. The molecule has 32 heavy (non-hydrogen) atoms. The minimum Gasteiger partial charge on any atom is -0.497 e. The summed E-state index contributed by atoms with van der Waals surface area (Å²) in [7, 11) is 1.42. The Bertz CT molecular complexity index is 1290. The number of fused-ring (bicyclic) bond motifs is 1. The summed E-state index contributed by atoms with van der Waals surface area (Å²) >= 11 is 0. The predicted octanol–water partition coefficient (Wildman–Crippen LogP) is 3.99. The third-order valence-electron chi connectivity index (χ3n) is 4.57. The first-order valence-corrected chi connectivity index (χ1v) is 9.17. The fourth-order valence-electron chi connectivity index (χ4n) is 3.23. The van der Waals surface area contributed by atoms with Crippen LogP contribution in [0.25, 0.3) is 22.3 Å². The van der Waals surface area contributed by atoms with Crippen LogP contribution < -0.4 is 9.47 Å². The molecule has 2 heterocycles. The lowest BCUT2D eigenvalue weighted by Gasteiger charge is -2.09. The van der Waals surface area contributed by atoms with Crippen LogP contribution in [-0.2, 0) is 6.54 Å². The zero-order chi connectivity index (χ0) is 22.8. The van der Waals surface area contributed by atoms with Crippen molar-refractivity contribution in [2.45, 2.75) is 13.2 Å². The molecular formula is C21H15F3N4O4. The Balaban J connectivity index is 1.65. The summed E-state index contributed by atoms with van der Waals surface area (Å²) in [6.45, 7) is -2.97. The number of hydrogen-bond donors (Lipinski definition) is 1. The highest BCUT2D eigenvalue weighted by atomic mass is 19.3. The van der Waals surface area contributed by atoms with Gasteiger partial charge in [-0.1, -0.05) is 0 Å². The van der Waals surface area contributed by atoms with Crippen LogP contribution >= 0.6 is 0 Å². The van der Waals surface area contributed by atoms with Crippen LogP contribution in [0.5, 0.6) is 11.5 Å². The van der Waals surface area contributed by atoms with Crippen LogP contribution in [-0.4, -0.2) is 44.5 Å². The summed E-state index contributed by atoms with van der Waals surface area (Å²) in [5.41, 5.74) is 1.02. The van der Waals surface area contributed by atoms with Crippen molar-refractivity contribution in [3.05, 3.63) is 65.9 Å². The molecule has 8 nitrogen and oxygen atoms in total. The number of nitrogens with zero attached hydrogens (tertiary/aromatic N) is 4. The summed E-state index contributed by atoms with van der Waals surface area (Å²) in [5.74, 6) is -1.49. The molecule has 0 aliphatic heterocycles. The van der Waals surface area contributed by atoms with Crippen molar-refractivity contribution in [2.75, 3.05) is 7.11 Å². The number of aromatic carboxylic acids is 1.